The van der Waals surface area contributed by atoms with Gasteiger partial charge < -0.3 is 10.6 Å². The van der Waals surface area contributed by atoms with Crippen LogP contribution in [0.2, 0.25) is 5.02 Å². The fourth-order valence-corrected chi connectivity index (χ4v) is 4.32. The van der Waals surface area contributed by atoms with E-state index in [1.54, 1.807) is 0 Å². The van der Waals surface area contributed by atoms with Crippen molar-refractivity contribution in [1.82, 2.24) is 10.6 Å². The summed E-state index contributed by atoms with van der Waals surface area (Å²) < 4.78 is 0. The van der Waals surface area contributed by atoms with Crippen LogP contribution in [0.1, 0.15) is 51.0 Å². The third-order valence-corrected chi connectivity index (χ3v) is 5.86. The van der Waals surface area contributed by atoms with Crippen molar-refractivity contribution in [3.8, 4) is 0 Å². The molecule has 0 unspecified atom stereocenters. The van der Waals surface area contributed by atoms with E-state index in [0.29, 0.717) is 6.04 Å². The molecule has 0 spiro atoms. The number of benzene rings is 1. The van der Waals surface area contributed by atoms with Gasteiger partial charge in [0.15, 0.2) is 0 Å². The quantitative estimate of drug-likeness (QED) is 0.882. The van der Waals surface area contributed by atoms with Crippen molar-refractivity contribution >= 4 is 17.5 Å². The van der Waals surface area contributed by atoms with Crippen LogP contribution in [0, 0.1) is 5.92 Å². The number of piperidine rings is 1. The summed E-state index contributed by atoms with van der Waals surface area (Å²) in [5.41, 5.74) is 1.41. The second-order valence-electron chi connectivity index (χ2n) is 7.29. The third kappa shape index (κ3) is 3.89. The number of carbonyl (C=O) groups excluding carboxylic acids is 1. The van der Waals surface area contributed by atoms with Crippen LogP contribution in [0.15, 0.2) is 24.3 Å². The molecule has 1 aromatic rings. The van der Waals surface area contributed by atoms with E-state index in [4.69, 9.17) is 11.6 Å². The van der Waals surface area contributed by atoms with Crippen LogP contribution in [0.3, 0.4) is 0 Å². The molecule has 1 aliphatic heterocycles. The molecular formula is C19H27ClN2O. The number of nitrogens with one attached hydrogen (secondary N) is 2. The average Bonchev–Trinajstić information content (AvgIpc) is 3.03. The molecule has 0 radical (unpaired) electrons. The van der Waals surface area contributed by atoms with Crippen molar-refractivity contribution in [2.75, 3.05) is 13.1 Å². The number of hydrogen-bond donors (Lipinski definition) is 2. The predicted molar refractivity (Wildman–Crippen MR) is 94.8 cm³/mol. The molecule has 1 heterocycles. The van der Waals surface area contributed by atoms with Gasteiger partial charge in [-0.25, -0.2) is 0 Å². The minimum Gasteiger partial charge on any atom is -0.355 e. The lowest BCUT2D eigenvalue weighted by Gasteiger charge is -2.32. The Morgan fingerprint density at radius 2 is 2.00 bits per heavy atom. The SMILES string of the molecule is C[C@H]1C[C@@H](C(=O)NCC2(c3ccc(Cl)cc3)CCCC2)CCN1. The summed E-state index contributed by atoms with van der Waals surface area (Å²) in [5, 5.41) is 7.45. The molecule has 2 aliphatic rings. The summed E-state index contributed by atoms with van der Waals surface area (Å²) >= 11 is 6.03. The molecule has 0 bridgehead atoms. The zero-order chi connectivity index (χ0) is 16.3. The lowest BCUT2D eigenvalue weighted by molar-refractivity contribution is -0.126. The molecule has 23 heavy (non-hydrogen) atoms. The van der Waals surface area contributed by atoms with Gasteiger partial charge in [-0.3, -0.25) is 4.79 Å². The Bertz CT molecular complexity index is 537. The van der Waals surface area contributed by atoms with Crippen LogP contribution in [-0.4, -0.2) is 25.0 Å². The first-order valence-corrected chi connectivity index (χ1v) is 9.24. The van der Waals surface area contributed by atoms with E-state index in [1.165, 1.54) is 18.4 Å². The highest BCUT2D eigenvalue weighted by molar-refractivity contribution is 6.30. The fourth-order valence-electron chi connectivity index (χ4n) is 4.19. The number of hydrogen-bond acceptors (Lipinski definition) is 2. The normalized spacial score (nSPS) is 26.9. The lowest BCUT2D eigenvalue weighted by Crippen LogP contribution is -2.45. The summed E-state index contributed by atoms with van der Waals surface area (Å²) in [6, 6.07) is 8.63. The van der Waals surface area contributed by atoms with Crippen LogP contribution in [-0.2, 0) is 10.2 Å². The maximum atomic E-state index is 12.6. The Hall–Kier alpha value is -1.06. The standard InChI is InChI=1S/C19H27ClN2O/c1-14-12-15(8-11-21-14)18(23)22-13-19(9-2-3-10-19)16-4-6-17(20)7-5-16/h4-7,14-15,21H,2-3,8-13H2,1H3,(H,22,23)/t14-,15-/m0/s1. The van der Waals surface area contributed by atoms with Crippen molar-refractivity contribution in [2.24, 2.45) is 5.92 Å². The summed E-state index contributed by atoms with van der Waals surface area (Å²) in [6.07, 6.45) is 6.67. The van der Waals surface area contributed by atoms with E-state index in [1.807, 2.05) is 12.1 Å². The zero-order valence-electron chi connectivity index (χ0n) is 13.9. The minimum absolute atomic E-state index is 0.0960. The number of carbonyl (C=O) groups is 1. The van der Waals surface area contributed by atoms with Gasteiger partial charge in [0, 0.05) is 28.9 Å². The van der Waals surface area contributed by atoms with Gasteiger partial charge in [0.25, 0.3) is 0 Å². The first-order chi connectivity index (χ1) is 11.1. The van der Waals surface area contributed by atoms with Gasteiger partial charge in [-0.15, -0.1) is 0 Å². The zero-order valence-corrected chi connectivity index (χ0v) is 14.7. The Kier molecular flexibility index (Phi) is 5.27. The molecule has 2 atom stereocenters. The molecule has 1 aromatic carbocycles. The van der Waals surface area contributed by atoms with Gasteiger partial charge in [-0.05, 0) is 56.8 Å². The molecule has 2 N–H and O–H groups in total. The Morgan fingerprint density at radius 1 is 1.30 bits per heavy atom. The van der Waals surface area contributed by atoms with Crippen molar-refractivity contribution in [3.05, 3.63) is 34.9 Å². The predicted octanol–water partition coefficient (Wildman–Crippen LogP) is 3.66. The smallest absolute Gasteiger partial charge is 0.223 e. The summed E-state index contributed by atoms with van der Waals surface area (Å²) in [7, 11) is 0. The van der Waals surface area contributed by atoms with Crippen molar-refractivity contribution < 1.29 is 4.79 Å². The Morgan fingerprint density at radius 3 is 2.65 bits per heavy atom. The van der Waals surface area contributed by atoms with E-state index in [9.17, 15) is 4.79 Å². The topological polar surface area (TPSA) is 41.1 Å². The maximum absolute atomic E-state index is 12.6. The van der Waals surface area contributed by atoms with Gasteiger partial charge in [0.2, 0.25) is 5.91 Å². The fraction of sp³-hybridized carbons (Fsp3) is 0.632. The first-order valence-electron chi connectivity index (χ1n) is 8.86. The van der Waals surface area contributed by atoms with Crippen molar-refractivity contribution in [1.29, 1.82) is 0 Å². The molecule has 1 amide bonds. The second kappa shape index (κ2) is 7.23. The second-order valence-corrected chi connectivity index (χ2v) is 7.73. The Balaban J connectivity index is 1.66. The maximum Gasteiger partial charge on any atom is 0.223 e. The third-order valence-electron chi connectivity index (χ3n) is 5.61. The first kappa shape index (κ1) is 16.8. The van der Waals surface area contributed by atoms with E-state index >= 15 is 0 Å². The van der Waals surface area contributed by atoms with Crippen LogP contribution >= 0.6 is 11.6 Å². The van der Waals surface area contributed by atoms with Crippen LogP contribution in [0.25, 0.3) is 0 Å². The number of amides is 1. The Labute approximate surface area is 144 Å². The van der Waals surface area contributed by atoms with Gasteiger partial charge in [-0.1, -0.05) is 36.6 Å². The van der Waals surface area contributed by atoms with E-state index < -0.39 is 0 Å². The molecule has 1 saturated carbocycles. The summed E-state index contributed by atoms with van der Waals surface area (Å²) in [4.78, 5) is 12.6. The van der Waals surface area contributed by atoms with E-state index in [0.717, 1.165) is 43.8 Å². The van der Waals surface area contributed by atoms with Crippen molar-refractivity contribution in [3.63, 3.8) is 0 Å². The summed E-state index contributed by atoms with van der Waals surface area (Å²) in [5.74, 6) is 0.397. The number of halogens is 1. The van der Waals surface area contributed by atoms with E-state index in [2.05, 4.69) is 29.7 Å². The number of rotatable bonds is 4. The molecule has 4 heteroatoms. The highest BCUT2D eigenvalue weighted by Gasteiger charge is 2.36. The van der Waals surface area contributed by atoms with Gasteiger partial charge in [0.1, 0.15) is 0 Å². The molecule has 0 aromatic heterocycles. The van der Waals surface area contributed by atoms with Crippen LogP contribution in [0.5, 0.6) is 0 Å². The molecule has 2 fully saturated rings. The molecule has 1 saturated heterocycles. The highest BCUT2D eigenvalue weighted by Crippen LogP contribution is 2.41. The largest absolute Gasteiger partial charge is 0.355 e. The van der Waals surface area contributed by atoms with E-state index in [-0.39, 0.29) is 17.2 Å². The van der Waals surface area contributed by atoms with Gasteiger partial charge in [0.05, 0.1) is 0 Å². The molecule has 1 aliphatic carbocycles. The van der Waals surface area contributed by atoms with Gasteiger partial charge in [-0.2, -0.15) is 0 Å². The molecule has 126 valence electrons. The lowest BCUT2D eigenvalue weighted by atomic mass is 9.78. The molecular weight excluding hydrogens is 308 g/mol. The minimum atomic E-state index is 0.0960. The van der Waals surface area contributed by atoms with Crippen LogP contribution < -0.4 is 10.6 Å². The highest BCUT2D eigenvalue weighted by atomic mass is 35.5. The van der Waals surface area contributed by atoms with Gasteiger partial charge >= 0.3 is 0 Å². The van der Waals surface area contributed by atoms with Crippen molar-refractivity contribution in [2.45, 2.75) is 56.9 Å². The van der Waals surface area contributed by atoms with Crippen LogP contribution in [0.4, 0.5) is 0 Å². The molecule has 3 nitrogen and oxygen atoms in total. The summed E-state index contributed by atoms with van der Waals surface area (Å²) in [6.45, 7) is 3.86. The monoisotopic (exact) mass is 334 g/mol. The molecule has 3 rings (SSSR count). The average molecular weight is 335 g/mol.